The molecule has 9 heteroatoms. The van der Waals surface area contributed by atoms with Gasteiger partial charge in [0.15, 0.2) is 17.4 Å². The highest BCUT2D eigenvalue weighted by Crippen LogP contribution is 2.35. The van der Waals surface area contributed by atoms with Crippen LogP contribution in [-0.4, -0.2) is 27.7 Å². The number of rotatable bonds is 5. The molecule has 0 amide bonds. The summed E-state index contributed by atoms with van der Waals surface area (Å²) in [6.45, 7) is 4.94. The van der Waals surface area contributed by atoms with Crippen LogP contribution in [-0.2, 0) is 16.0 Å². The van der Waals surface area contributed by atoms with Gasteiger partial charge in [0.05, 0.1) is 23.1 Å². The lowest BCUT2D eigenvalue weighted by Crippen LogP contribution is -2.17. The minimum Gasteiger partial charge on any atom is -0.503 e. The van der Waals surface area contributed by atoms with Gasteiger partial charge in [-0.15, -0.1) is 0 Å². The van der Waals surface area contributed by atoms with Gasteiger partial charge >= 0.3 is 5.97 Å². The zero-order chi connectivity index (χ0) is 23.0. The fourth-order valence-corrected chi connectivity index (χ4v) is 3.40. The Hall–Kier alpha value is -3.00. The summed E-state index contributed by atoms with van der Waals surface area (Å²) < 4.78 is 49.0. The monoisotopic (exact) mass is 453 g/mol. The number of hydrogen-bond donors (Lipinski definition) is 1. The molecule has 0 spiro atoms. The van der Waals surface area contributed by atoms with Crippen LogP contribution in [0, 0.1) is 24.4 Å². The Morgan fingerprint density at radius 3 is 2.48 bits per heavy atom. The van der Waals surface area contributed by atoms with Crippen molar-refractivity contribution in [2.45, 2.75) is 39.7 Å². The van der Waals surface area contributed by atoms with Gasteiger partial charge in [0.2, 0.25) is 0 Å². The first kappa shape index (κ1) is 22.7. The topological polar surface area (TPSA) is 68.5 Å². The maximum Gasteiger partial charge on any atom is 0.310 e. The number of aromatic hydroxyl groups is 1. The highest BCUT2D eigenvalue weighted by Gasteiger charge is 2.27. The zero-order valence-corrected chi connectivity index (χ0v) is 17.7. The number of carbonyl (C=O) groups excluding carboxylic acids is 2. The lowest BCUT2D eigenvalue weighted by Gasteiger charge is -2.11. The standard InChI is InChI=1S/C22H19ClF3NO4/c1-4-10(2)31-18(28)8-13-11(3)27(17-9-16(25)21(29)20(26)19(13)17)22(30)12-5-6-14(23)15(24)7-12/h5-7,9-10,29H,4,8H2,1-3H3. The molecule has 0 fully saturated rings. The number of fused-ring (bicyclic) bond motifs is 1. The number of aromatic nitrogens is 1. The van der Waals surface area contributed by atoms with E-state index >= 15 is 0 Å². The van der Waals surface area contributed by atoms with Crippen LogP contribution < -0.4 is 0 Å². The molecule has 164 valence electrons. The molecular formula is C22H19ClF3NO4. The van der Waals surface area contributed by atoms with Gasteiger partial charge in [-0.3, -0.25) is 14.2 Å². The molecule has 2 aromatic carbocycles. The number of carbonyl (C=O) groups is 2. The SMILES string of the molecule is CCC(C)OC(=O)Cc1c(C)n(C(=O)c2ccc(Cl)c(F)c2)c2cc(F)c(O)c(F)c12. The summed E-state index contributed by atoms with van der Waals surface area (Å²) in [7, 11) is 0. The van der Waals surface area contributed by atoms with E-state index in [1.807, 2.05) is 6.92 Å². The second kappa shape index (κ2) is 8.63. The van der Waals surface area contributed by atoms with Crippen molar-refractivity contribution in [3.63, 3.8) is 0 Å². The van der Waals surface area contributed by atoms with Crippen LogP contribution in [0.4, 0.5) is 13.2 Å². The molecule has 0 saturated heterocycles. The van der Waals surface area contributed by atoms with Gasteiger partial charge in [-0.05, 0) is 44.0 Å². The van der Waals surface area contributed by atoms with Gasteiger partial charge in [0.1, 0.15) is 5.82 Å². The Morgan fingerprint density at radius 1 is 1.19 bits per heavy atom. The molecule has 5 nitrogen and oxygen atoms in total. The molecule has 0 aliphatic rings. The summed E-state index contributed by atoms with van der Waals surface area (Å²) in [5.41, 5.74) is -0.152. The second-order valence-corrected chi connectivity index (χ2v) is 7.54. The van der Waals surface area contributed by atoms with Crippen molar-refractivity contribution in [1.82, 2.24) is 4.57 Å². The summed E-state index contributed by atoms with van der Waals surface area (Å²) in [5.74, 6) is -6.13. The third-order valence-electron chi connectivity index (χ3n) is 5.09. The minimum absolute atomic E-state index is 0.0545. The van der Waals surface area contributed by atoms with E-state index in [2.05, 4.69) is 0 Å². The number of esters is 1. The summed E-state index contributed by atoms with van der Waals surface area (Å²) in [5, 5.41) is 9.26. The Balaban J connectivity index is 2.22. The van der Waals surface area contributed by atoms with Gasteiger partial charge in [-0.2, -0.15) is 0 Å². The van der Waals surface area contributed by atoms with Crippen LogP contribution in [0.3, 0.4) is 0 Å². The summed E-state index contributed by atoms with van der Waals surface area (Å²) in [6.07, 6.45) is -0.229. The Labute approximate surface area is 181 Å². The van der Waals surface area contributed by atoms with Crippen LogP contribution in [0.1, 0.15) is 41.9 Å². The van der Waals surface area contributed by atoms with Gasteiger partial charge in [0, 0.05) is 22.7 Å². The number of benzene rings is 2. The van der Waals surface area contributed by atoms with E-state index in [4.69, 9.17) is 16.3 Å². The maximum absolute atomic E-state index is 14.8. The predicted octanol–water partition coefficient (Wildman–Crippen LogP) is 5.30. The molecule has 31 heavy (non-hydrogen) atoms. The van der Waals surface area contributed by atoms with Crippen molar-refractivity contribution < 1.29 is 32.6 Å². The molecule has 0 aliphatic heterocycles. The van der Waals surface area contributed by atoms with E-state index in [-0.39, 0.29) is 38.9 Å². The van der Waals surface area contributed by atoms with Crippen molar-refractivity contribution >= 4 is 34.4 Å². The van der Waals surface area contributed by atoms with Crippen LogP contribution in [0.2, 0.25) is 5.02 Å². The molecule has 0 saturated carbocycles. The molecule has 3 rings (SSSR count). The number of phenols is 1. The molecule has 0 aliphatic carbocycles. The first-order chi connectivity index (χ1) is 14.6. The van der Waals surface area contributed by atoms with Crippen molar-refractivity contribution in [3.8, 4) is 5.75 Å². The van der Waals surface area contributed by atoms with E-state index < -0.39 is 41.5 Å². The minimum atomic E-state index is -1.31. The summed E-state index contributed by atoms with van der Waals surface area (Å²) in [6, 6.07) is 4.14. The van der Waals surface area contributed by atoms with Crippen molar-refractivity contribution in [1.29, 1.82) is 0 Å². The zero-order valence-electron chi connectivity index (χ0n) is 16.9. The number of hydrogen-bond acceptors (Lipinski definition) is 4. The summed E-state index contributed by atoms with van der Waals surface area (Å²) >= 11 is 5.66. The third-order valence-corrected chi connectivity index (χ3v) is 5.39. The Morgan fingerprint density at radius 2 is 1.87 bits per heavy atom. The first-order valence-corrected chi connectivity index (χ1v) is 9.84. The lowest BCUT2D eigenvalue weighted by atomic mass is 10.1. The quantitative estimate of drug-likeness (QED) is 0.532. The largest absolute Gasteiger partial charge is 0.503 e. The van der Waals surface area contributed by atoms with Crippen molar-refractivity contribution in [2.75, 3.05) is 0 Å². The van der Waals surface area contributed by atoms with E-state index in [0.29, 0.717) is 6.42 Å². The molecular weight excluding hydrogens is 435 g/mol. The molecule has 1 aromatic heterocycles. The predicted molar refractivity (Wildman–Crippen MR) is 109 cm³/mol. The molecule has 0 bridgehead atoms. The van der Waals surface area contributed by atoms with Crippen LogP contribution in [0.5, 0.6) is 5.75 Å². The molecule has 1 atom stereocenters. The van der Waals surface area contributed by atoms with Gasteiger partial charge in [0.25, 0.3) is 5.91 Å². The highest BCUT2D eigenvalue weighted by atomic mass is 35.5. The highest BCUT2D eigenvalue weighted by molar-refractivity contribution is 6.30. The van der Waals surface area contributed by atoms with E-state index in [1.54, 1.807) is 6.92 Å². The Kier molecular flexibility index (Phi) is 6.31. The fourth-order valence-electron chi connectivity index (χ4n) is 3.29. The number of nitrogens with zero attached hydrogens (tertiary/aromatic N) is 1. The normalized spacial score (nSPS) is 12.2. The second-order valence-electron chi connectivity index (χ2n) is 7.13. The molecule has 0 radical (unpaired) electrons. The Bertz CT molecular complexity index is 1210. The van der Waals surface area contributed by atoms with Gasteiger partial charge in [-0.25, -0.2) is 13.2 Å². The van der Waals surface area contributed by atoms with Crippen LogP contribution >= 0.6 is 11.6 Å². The van der Waals surface area contributed by atoms with E-state index in [9.17, 15) is 27.9 Å². The average molecular weight is 454 g/mol. The van der Waals surface area contributed by atoms with E-state index in [1.165, 1.54) is 19.1 Å². The maximum atomic E-state index is 14.8. The number of halogens is 4. The molecule has 1 unspecified atom stereocenters. The van der Waals surface area contributed by atoms with Crippen molar-refractivity contribution in [2.24, 2.45) is 0 Å². The van der Waals surface area contributed by atoms with E-state index in [0.717, 1.165) is 16.7 Å². The van der Waals surface area contributed by atoms with Crippen LogP contribution in [0.15, 0.2) is 24.3 Å². The third kappa shape index (κ3) is 4.12. The first-order valence-electron chi connectivity index (χ1n) is 9.46. The van der Waals surface area contributed by atoms with Crippen molar-refractivity contribution in [3.05, 3.63) is 63.6 Å². The summed E-state index contributed by atoms with van der Waals surface area (Å²) in [4.78, 5) is 25.4. The number of phenolic OH excluding ortho intramolecular Hbond substituents is 1. The fraction of sp³-hybridized carbons (Fsp3) is 0.273. The smallest absolute Gasteiger partial charge is 0.310 e. The van der Waals surface area contributed by atoms with Gasteiger partial charge < -0.3 is 9.84 Å². The molecule has 1 heterocycles. The lowest BCUT2D eigenvalue weighted by molar-refractivity contribution is -0.147. The van der Waals surface area contributed by atoms with Gasteiger partial charge in [-0.1, -0.05) is 18.5 Å². The number of ether oxygens (including phenoxy) is 1. The molecule has 1 N–H and O–H groups in total. The molecule has 3 aromatic rings. The average Bonchev–Trinajstić information content (AvgIpc) is 2.98. The van der Waals surface area contributed by atoms with Crippen LogP contribution in [0.25, 0.3) is 10.9 Å².